The van der Waals surface area contributed by atoms with Crippen molar-refractivity contribution in [3.63, 3.8) is 0 Å². The summed E-state index contributed by atoms with van der Waals surface area (Å²) in [7, 11) is 4.04. The number of rotatable bonds is 6. The van der Waals surface area contributed by atoms with Crippen LogP contribution in [0, 0.1) is 11.7 Å². The molecule has 18 heavy (non-hydrogen) atoms. The fourth-order valence-corrected chi connectivity index (χ4v) is 1.85. The van der Waals surface area contributed by atoms with Gasteiger partial charge in [0, 0.05) is 25.3 Å². The van der Waals surface area contributed by atoms with Crippen molar-refractivity contribution in [1.82, 2.24) is 4.90 Å². The minimum Gasteiger partial charge on any atom is -0.399 e. The van der Waals surface area contributed by atoms with Gasteiger partial charge in [-0.25, -0.2) is 4.39 Å². The zero-order valence-corrected chi connectivity index (χ0v) is 11.8. The summed E-state index contributed by atoms with van der Waals surface area (Å²) in [5, 5.41) is 0. The minimum absolute atomic E-state index is 0.241. The van der Waals surface area contributed by atoms with Crippen molar-refractivity contribution in [3.8, 4) is 0 Å². The molecule has 0 radical (unpaired) electrons. The molecule has 2 N–H and O–H groups in total. The van der Waals surface area contributed by atoms with E-state index in [1.54, 1.807) is 12.1 Å². The Kier molecular flexibility index (Phi) is 5.41. The van der Waals surface area contributed by atoms with Crippen molar-refractivity contribution in [2.45, 2.75) is 13.8 Å². The monoisotopic (exact) mass is 253 g/mol. The molecule has 1 aromatic carbocycles. The summed E-state index contributed by atoms with van der Waals surface area (Å²) in [4.78, 5) is 4.18. The molecule has 102 valence electrons. The Balaban J connectivity index is 2.86. The molecule has 0 aliphatic heterocycles. The van der Waals surface area contributed by atoms with Crippen LogP contribution >= 0.6 is 0 Å². The van der Waals surface area contributed by atoms with Gasteiger partial charge in [0.2, 0.25) is 0 Å². The Labute approximate surface area is 109 Å². The molecule has 3 nitrogen and oxygen atoms in total. The van der Waals surface area contributed by atoms with Crippen molar-refractivity contribution in [1.29, 1.82) is 0 Å². The van der Waals surface area contributed by atoms with E-state index < -0.39 is 0 Å². The summed E-state index contributed by atoms with van der Waals surface area (Å²) in [6, 6.07) is 4.91. The van der Waals surface area contributed by atoms with E-state index in [9.17, 15) is 4.39 Å². The first-order valence-corrected chi connectivity index (χ1v) is 6.35. The third-order valence-electron chi connectivity index (χ3n) is 2.72. The number of benzene rings is 1. The largest absolute Gasteiger partial charge is 0.399 e. The SMILES string of the molecule is CC(C)CN(CCN(C)C)c1ccc(N)cc1F. The average Bonchev–Trinajstić information content (AvgIpc) is 2.24. The molecule has 0 heterocycles. The number of hydrogen-bond donors (Lipinski definition) is 1. The quantitative estimate of drug-likeness (QED) is 0.790. The van der Waals surface area contributed by atoms with E-state index in [4.69, 9.17) is 5.73 Å². The number of nitrogens with two attached hydrogens (primary N) is 1. The highest BCUT2D eigenvalue weighted by atomic mass is 19.1. The van der Waals surface area contributed by atoms with Gasteiger partial charge in [0.05, 0.1) is 5.69 Å². The van der Waals surface area contributed by atoms with Crippen molar-refractivity contribution >= 4 is 11.4 Å². The van der Waals surface area contributed by atoms with E-state index in [2.05, 4.69) is 23.6 Å². The van der Waals surface area contributed by atoms with E-state index in [-0.39, 0.29) is 5.82 Å². The Morgan fingerprint density at radius 1 is 1.22 bits per heavy atom. The number of hydrogen-bond acceptors (Lipinski definition) is 3. The molecule has 0 spiro atoms. The zero-order valence-electron chi connectivity index (χ0n) is 11.8. The van der Waals surface area contributed by atoms with Gasteiger partial charge in [-0.15, -0.1) is 0 Å². The van der Waals surface area contributed by atoms with Gasteiger partial charge in [-0.1, -0.05) is 13.8 Å². The summed E-state index contributed by atoms with van der Waals surface area (Å²) >= 11 is 0. The lowest BCUT2D eigenvalue weighted by molar-refractivity contribution is 0.408. The van der Waals surface area contributed by atoms with Crippen LogP contribution in [0.15, 0.2) is 18.2 Å². The molecule has 0 amide bonds. The van der Waals surface area contributed by atoms with Crippen LogP contribution in [0.2, 0.25) is 0 Å². The smallest absolute Gasteiger partial charge is 0.148 e. The van der Waals surface area contributed by atoms with Crippen LogP contribution in [0.3, 0.4) is 0 Å². The highest BCUT2D eigenvalue weighted by molar-refractivity contribution is 5.54. The maximum atomic E-state index is 13.9. The lowest BCUT2D eigenvalue weighted by atomic mass is 10.1. The third kappa shape index (κ3) is 4.53. The second-order valence-electron chi connectivity index (χ2n) is 5.35. The molecule has 0 saturated heterocycles. The van der Waals surface area contributed by atoms with Gasteiger partial charge in [0.1, 0.15) is 5.82 Å². The molecule has 1 aromatic rings. The van der Waals surface area contributed by atoms with Crippen LogP contribution in [-0.4, -0.2) is 38.6 Å². The van der Waals surface area contributed by atoms with Crippen LogP contribution in [0.4, 0.5) is 15.8 Å². The van der Waals surface area contributed by atoms with Gasteiger partial charge in [-0.2, -0.15) is 0 Å². The zero-order chi connectivity index (χ0) is 13.7. The molecule has 0 unspecified atom stereocenters. The minimum atomic E-state index is -0.241. The van der Waals surface area contributed by atoms with Gasteiger partial charge in [0.15, 0.2) is 0 Å². The predicted octanol–water partition coefficient (Wildman–Crippen LogP) is 2.43. The van der Waals surface area contributed by atoms with Crippen molar-refractivity contribution in [3.05, 3.63) is 24.0 Å². The second kappa shape index (κ2) is 6.59. The summed E-state index contributed by atoms with van der Waals surface area (Å²) in [5.41, 5.74) is 6.69. The van der Waals surface area contributed by atoms with E-state index in [1.165, 1.54) is 6.07 Å². The first-order chi connectivity index (χ1) is 8.40. The highest BCUT2D eigenvalue weighted by Gasteiger charge is 2.13. The van der Waals surface area contributed by atoms with Crippen molar-refractivity contribution < 1.29 is 4.39 Å². The van der Waals surface area contributed by atoms with Gasteiger partial charge in [-0.3, -0.25) is 0 Å². The molecule has 0 atom stereocenters. The Morgan fingerprint density at radius 3 is 2.39 bits per heavy atom. The molecule has 4 heteroatoms. The van der Waals surface area contributed by atoms with Crippen molar-refractivity contribution in [2.75, 3.05) is 44.4 Å². The summed E-state index contributed by atoms with van der Waals surface area (Å²) in [6.45, 7) is 6.83. The van der Waals surface area contributed by atoms with E-state index >= 15 is 0 Å². The normalized spacial score (nSPS) is 11.3. The molecule has 1 rings (SSSR count). The van der Waals surface area contributed by atoms with Crippen LogP contribution < -0.4 is 10.6 Å². The fourth-order valence-electron chi connectivity index (χ4n) is 1.85. The number of nitrogens with zero attached hydrogens (tertiary/aromatic N) is 2. The average molecular weight is 253 g/mol. The first-order valence-electron chi connectivity index (χ1n) is 6.35. The first kappa shape index (κ1) is 14.8. The predicted molar refractivity (Wildman–Crippen MR) is 76.4 cm³/mol. The molecular formula is C14H24FN3. The van der Waals surface area contributed by atoms with Crippen LogP contribution in [-0.2, 0) is 0 Å². The molecular weight excluding hydrogens is 229 g/mol. The summed E-state index contributed by atoms with van der Waals surface area (Å²) in [6.07, 6.45) is 0. The van der Waals surface area contributed by atoms with Gasteiger partial charge in [-0.05, 0) is 38.2 Å². The fraction of sp³-hybridized carbons (Fsp3) is 0.571. The molecule has 0 aliphatic rings. The Morgan fingerprint density at radius 2 is 1.89 bits per heavy atom. The topological polar surface area (TPSA) is 32.5 Å². The number of nitrogen functional groups attached to an aromatic ring is 1. The van der Waals surface area contributed by atoms with E-state index in [0.29, 0.717) is 17.3 Å². The Hall–Kier alpha value is -1.29. The molecule has 0 bridgehead atoms. The molecule has 0 fully saturated rings. The van der Waals surface area contributed by atoms with Gasteiger partial charge < -0.3 is 15.5 Å². The lowest BCUT2D eigenvalue weighted by Gasteiger charge is -2.28. The standard InChI is InChI=1S/C14H24FN3/c1-11(2)10-18(8-7-17(3)4)14-6-5-12(16)9-13(14)15/h5-6,9,11H,7-8,10,16H2,1-4H3. The second-order valence-corrected chi connectivity index (χ2v) is 5.35. The summed E-state index contributed by atoms with van der Waals surface area (Å²) in [5.74, 6) is 0.249. The maximum absolute atomic E-state index is 13.9. The molecule has 0 aromatic heterocycles. The highest BCUT2D eigenvalue weighted by Crippen LogP contribution is 2.22. The van der Waals surface area contributed by atoms with E-state index in [0.717, 1.165) is 19.6 Å². The summed E-state index contributed by atoms with van der Waals surface area (Å²) < 4.78 is 13.9. The Bertz CT molecular complexity index is 377. The van der Waals surface area contributed by atoms with Gasteiger partial charge in [0.25, 0.3) is 0 Å². The number of halogens is 1. The van der Waals surface area contributed by atoms with Crippen molar-refractivity contribution in [2.24, 2.45) is 5.92 Å². The van der Waals surface area contributed by atoms with Gasteiger partial charge >= 0.3 is 0 Å². The van der Waals surface area contributed by atoms with E-state index in [1.807, 2.05) is 14.1 Å². The lowest BCUT2D eigenvalue weighted by Crippen LogP contribution is -2.35. The van der Waals surface area contributed by atoms with Crippen LogP contribution in [0.25, 0.3) is 0 Å². The number of likely N-dealkylation sites (N-methyl/N-ethyl adjacent to an activating group) is 1. The van der Waals surface area contributed by atoms with Crippen LogP contribution in [0.1, 0.15) is 13.8 Å². The maximum Gasteiger partial charge on any atom is 0.148 e. The molecule has 0 saturated carbocycles. The number of anilines is 2. The van der Waals surface area contributed by atoms with Crippen LogP contribution in [0.5, 0.6) is 0 Å². The molecule has 0 aliphatic carbocycles. The third-order valence-corrected chi connectivity index (χ3v) is 2.72.